The van der Waals surface area contributed by atoms with Crippen LogP contribution in [0.15, 0.2) is 0 Å². The van der Waals surface area contributed by atoms with Gasteiger partial charge >= 0.3 is 5.97 Å². The summed E-state index contributed by atoms with van der Waals surface area (Å²) in [5.74, 6) is -0.272. The summed E-state index contributed by atoms with van der Waals surface area (Å²) in [6.07, 6.45) is 4.66. The van der Waals surface area contributed by atoms with E-state index in [2.05, 4.69) is 19.2 Å². The SMILES string of the molecule is CCCCC(CC)CNC(COC)C(=O)O. The molecule has 2 N–H and O–H groups in total. The van der Waals surface area contributed by atoms with Gasteiger partial charge in [0, 0.05) is 7.11 Å². The predicted molar refractivity (Wildman–Crippen MR) is 64.6 cm³/mol. The van der Waals surface area contributed by atoms with Gasteiger partial charge in [-0.25, -0.2) is 0 Å². The average Bonchev–Trinajstić information content (AvgIpc) is 2.27. The molecular formula is C12H25NO3. The second-order valence-corrected chi connectivity index (χ2v) is 4.17. The van der Waals surface area contributed by atoms with Gasteiger partial charge in [-0.1, -0.05) is 33.1 Å². The lowest BCUT2D eigenvalue weighted by Crippen LogP contribution is -2.42. The van der Waals surface area contributed by atoms with E-state index in [0.717, 1.165) is 13.0 Å². The summed E-state index contributed by atoms with van der Waals surface area (Å²) < 4.78 is 4.87. The van der Waals surface area contributed by atoms with Gasteiger partial charge in [0.2, 0.25) is 0 Å². The van der Waals surface area contributed by atoms with Gasteiger partial charge in [-0.3, -0.25) is 4.79 Å². The van der Waals surface area contributed by atoms with E-state index in [1.165, 1.54) is 26.4 Å². The maximum Gasteiger partial charge on any atom is 0.323 e. The lowest BCUT2D eigenvalue weighted by molar-refractivity contribution is -0.140. The van der Waals surface area contributed by atoms with Gasteiger partial charge in [0.25, 0.3) is 0 Å². The number of methoxy groups -OCH3 is 1. The third-order valence-corrected chi connectivity index (χ3v) is 2.83. The van der Waals surface area contributed by atoms with Crippen molar-refractivity contribution in [2.45, 2.75) is 45.6 Å². The second-order valence-electron chi connectivity index (χ2n) is 4.17. The zero-order valence-electron chi connectivity index (χ0n) is 10.7. The third-order valence-electron chi connectivity index (χ3n) is 2.83. The normalized spacial score (nSPS) is 14.7. The molecule has 0 aliphatic heterocycles. The topological polar surface area (TPSA) is 58.6 Å². The van der Waals surface area contributed by atoms with Crippen LogP contribution in [-0.2, 0) is 9.53 Å². The van der Waals surface area contributed by atoms with Crippen LogP contribution in [0.25, 0.3) is 0 Å². The molecule has 0 aliphatic rings. The maximum absolute atomic E-state index is 10.9. The van der Waals surface area contributed by atoms with E-state index >= 15 is 0 Å². The molecule has 0 rings (SSSR count). The summed E-state index contributed by atoms with van der Waals surface area (Å²) in [6, 6.07) is -0.583. The zero-order valence-corrected chi connectivity index (χ0v) is 10.7. The number of hydrogen-bond donors (Lipinski definition) is 2. The second kappa shape index (κ2) is 9.60. The first-order valence-electron chi connectivity index (χ1n) is 6.10. The van der Waals surface area contributed by atoms with Crippen molar-refractivity contribution in [1.82, 2.24) is 5.32 Å². The number of carboxylic acid groups (broad SMARTS) is 1. The Labute approximate surface area is 98.4 Å². The molecule has 0 radical (unpaired) electrons. The van der Waals surface area contributed by atoms with Gasteiger partial charge in [-0.2, -0.15) is 0 Å². The number of carboxylic acids is 1. The van der Waals surface area contributed by atoms with Crippen LogP contribution in [0.1, 0.15) is 39.5 Å². The van der Waals surface area contributed by atoms with Crippen molar-refractivity contribution in [3.05, 3.63) is 0 Å². The summed E-state index contributed by atoms with van der Waals surface area (Å²) >= 11 is 0. The van der Waals surface area contributed by atoms with E-state index in [4.69, 9.17) is 9.84 Å². The number of hydrogen-bond acceptors (Lipinski definition) is 3. The van der Waals surface area contributed by atoms with Gasteiger partial charge in [-0.05, 0) is 18.9 Å². The number of carbonyl (C=O) groups is 1. The van der Waals surface area contributed by atoms with Crippen molar-refractivity contribution in [3.63, 3.8) is 0 Å². The van der Waals surface area contributed by atoms with Crippen LogP contribution in [0.3, 0.4) is 0 Å². The van der Waals surface area contributed by atoms with Crippen molar-refractivity contribution in [2.75, 3.05) is 20.3 Å². The minimum atomic E-state index is -0.841. The molecule has 0 heterocycles. The van der Waals surface area contributed by atoms with E-state index in [1.807, 2.05) is 0 Å². The number of nitrogens with one attached hydrogen (secondary N) is 1. The standard InChI is InChI=1S/C12H25NO3/c1-4-6-7-10(5-2)8-13-11(9-16-3)12(14)15/h10-11,13H,4-9H2,1-3H3,(H,14,15). The Morgan fingerprint density at radius 1 is 1.44 bits per heavy atom. The highest BCUT2D eigenvalue weighted by Gasteiger charge is 2.17. The van der Waals surface area contributed by atoms with Crippen LogP contribution < -0.4 is 5.32 Å². The van der Waals surface area contributed by atoms with E-state index < -0.39 is 12.0 Å². The Kier molecular flexibility index (Phi) is 9.24. The van der Waals surface area contributed by atoms with E-state index in [-0.39, 0.29) is 6.61 Å². The smallest absolute Gasteiger partial charge is 0.323 e. The van der Waals surface area contributed by atoms with Gasteiger partial charge in [0.1, 0.15) is 6.04 Å². The molecule has 0 aromatic heterocycles. The van der Waals surface area contributed by atoms with Crippen molar-refractivity contribution in [1.29, 1.82) is 0 Å². The highest BCUT2D eigenvalue weighted by molar-refractivity contribution is 5.73. The van der Waals surface area contributed by atoms with Crippen LogP contribution in [-0.4, -0.2) is 37.4 Å². The van der Waals surface area contributed by atoms with Crippen LogP contribution in [0, 0.1) is 5.92 Å². The Morgan fingerprint density at radius 3 is 2.56 bits per heavy atom. The zero-order chi connectivity index (χ0) is 12.4. The number of aliphatic carboxylic acids is 1. The molecule has 0 saturated carbocycles. The molecule has 0 aromatic carbocycles. The number of unbranched alkanes of at least 4 members (excludes halogenated alkanes) is 1. The molecule has 0 spiro atoms. The van der Waals surface area contributed by atoms with Crippen molar-refractivity contribution in [2.24, 2.45) is 5.92 Å². The van der Waals surface area contributed by atoms with Crippen LogP contribution >= 0.6 is 0 Å². The van der Waals surface area contributed by atoms with E-state index in [9.17, 15) is 4.79 Å². The van der Waals surface area contributed by atoms with Crippen molar-refractivity contribution >= 4 is 5.97 Å². The van der Waals surface area contributed by atoms with Gasteiger partial charge in [-0.15, -0.1) is 0 Å². The van der Waals surface area contributed by atoms with Crippen molar-refractivity contribution < 1.29 is 14.6 Å². The first-order chi connectivity index (χ1) is 7.65. The molecule has 96 valence electrons. The summed E-state index contributed by atoms with van der Waals surface area (Å²) in [5.41, 5.74) is 0. The summed E-state index contributed by atoms with van der Waals surface area (Å²) in [6.45, 7) is 5.30. The number of rotatable bonds is 10. The monoisotopic (exact) mass is 231 g/mol. The minimum absolute atomic E-state index is 0.222. The largest absolute Gasteiger partial charge is 0.480 e. The quantitative estimate of drug-likeness (QED) is 0.603. The Bertz CT molecular complexity index is 185. The average molecular weight is 231 g/mol. The molecule has 4 nitrogen and oxygen atoms in total. The first-order valence-corrected chi connectivity index (χ1v) is 6.10. The van der Waals surface area contributed by atoms with Gasteiger partial charge in [0.15, 0.2) is 0 Å². The molecule has 2 unspecified atom stereocenters. The summed E-state index contributed by atoms with van der Waals surface area (Å²) in [5, 5.41) is 12.0. The molecule has 0 amide bonds. The maximum atomic E-state index is 10.9. The lowest BCUT2D eigenvalue weighted by Gasteiger charge is -2.19. The Morgan fingerprint density at radius 2 is 2.12 bits per heavy atom. The molecule has 4 heteroatoms. The fourth-order valence-electron chi connectivity index (χ4n) is 1.64. The molecular weight excluding hydrogens is 206 g/mol. The highest BCUT2D eigenvalue weighted by atomic mass is 16.5. The molecule has 2 atom stereocenters. The fourth-order valence-corrected chi connectivity index (χ4v) is 1.64. The van der Waals surface area contributed by atoms with E-state index in [1.54, 1.807) is 0 Å². The highest BCUT2D eigenvalue weighted by Crippen LogP contribution is 2.11. The van der Waals surface area contributed by atoms with Gasteiger partial charge in [0.05, 0.1) is 6.61 Å². The van der Waals surface area contributed by atoms with E-state index in [0.29, 0.717) is 5.92 Å². The van der Waals surface area contributed by atoms with Crippen molar-refractivity contribution in [3.8, 4) is 0 Å². The summed E-state index contributed by atoms with van der Waals surface area (Å²) in [7, 11) is 1.52. The molecule has 0 aromatic rings. The molecule has 0 fully saturated rings. The van der Waals surface area contributed by atoms with Crippen LogP contribution in [0.4, 0.5) is 0 Å². The lowest BCUT2D eigenvalue weighted by atomic mass is 9.99. The third kappa shape index (κ3) is 6.80. The molecule has 16 heavy (non-hydrogen) atoms. The van der Waals surface area contributed by atoms with Crippen LogP contribution in [0.5, 0.6) is 0 Å². The molecule has 0 bridgehead atoms. The Hall–Kier alpha value is -0.610. The van der Waals surface area contributed by atoms with Crippen LogP contribution in [0.2, 0.25) is 0 Å². The molecule has 0 saturated heterocycles. The predicted octanol–water partition coefficient (Wildman–Crippen LogP) is 1.89. The van der Waals surface area contributed by atoms with Gasteiger partial charge < -0.3 is 15.2 Å². The fraction of sp³-hybridized carbons (Fsp3) is 0.917. The number of ether oxygens (including phenoxy) is 1. The molecule has 0 aliphatic carbocycles. The summed E-state index contributed by atoms with van der Waals surface area (Å²) in [4.78, 5) is 10.9. The Balaban J connectivity index is 3.90. The minimum Gasteiger partial charge on any atom is -0.480 e. The first kappa shape index (κ1) is 15.4.